The van der Waals surface area contributed by atoms with Gasteiger partial charge in [-0.1, -0.05) is 17.7 Å². The normalized spacial score (nSPS) is 11.6. The maximum atomic E-state index is 13.6. The van der Waals surface area contributed by atoms with Gasteiger partial charge in [-0.2, -0.15) is 5.10 Å². The van der Waals surface area contributed by atoms with Crippen LogP contribution in [-0.2, 0) is 10.0 Å². The molecule has 10 nitrogen and oxygen atoms in total. The van der Waals surface area contributed by atoms with Crippen LogP contribution in [0, 0.1) is 0 Å². The number of fused-ring (bicyclic) bond motifs is 1. The monoisotopic (exact) mass is 493 g/mol. The van der Waals surface area contributed by atoms with Crippen molar-refractivity contribution in [2.24, 2.45) is 0 Å². The standard InChI is InChI=1S/C22H16ClN7O3S/c1-34(32,33)28-15-3-2-4-17(11-15)30-20-18(12-26-30)22(31)29(16-7-5-14(23)6-8-16)21(27-20)19-13-24-9-10-25-19/h2-13,28H,1H3. The van der Waals surface area contributed by atoms with Crippen LogP contribution >= 0.6 is 11.6 Å². The Balaban J connectivity index is 1.76. The van der Waals surface area contributed by atoms with Crippen LogP contribution in [0.3, 0.4) is 0 Å². The molecule has 170 valence electrons. The number of benzene rings is 2. The van der Waals surface area contributed by atoms with Crippen LogP contribution in [0.4, 0.5) is 5.69 Å². The highest BCUT2D eigenvalue weighted by molar-refractivity contribution is 7.92. The van der Waals surface area contributed by atoms with E-state index in [1.54, 1.807) is 48.5 Å². The fourth-order valence-corrected chi connectivity index (χ4v) is 4.17. The van der Waals surface area contributed by atoms with Crippen molar-refractivity contribution in [1.82, 2.24) is 29.3 Å². The molecule has 2 aromatic carbocycles. The van der Waals surface area contributed by atoms with E-state index < -0.39 is 10.0 Å². The lowest BCUT2D eigenvalue weighted by molar-refractivity contribution is 0.607. The van der Waals surface area contributed by atoms with Gasteiger partial charge in [-0.05, 0) is 42.5 Å². The molecule has 0 saturated carbocycles. The Labute approximate surface area is 198 Å². The highest BCUT2D eigenvalue weighted by Gasteiger charge is 2.19. The number of anilines is 1. The summed E-state index contributed by atoms with van der Waals surface area (Å²) >= 11 is 6.03. The number of rotatable bonds is 5. The number of aromatic nitrogens is 6. The van der Waals surface area contributed by atoms with Gasteiger partial charge in [0.1, 0.15) is 11.1 Å². The average Bonchev–Trinajstić information content (AvgIpc) is 3.24. The van der Waals surface area contributed by atoms with E-state index in [-0.39, 0.29) is 22.4 Å². The number of nitrogens with zero attached hydrogens (tertiary/aromatic N) is 6. The lowest BCUT2D eigenvalue weighted by atomic mass is 10.2. The Kier molecular flexibility index (Phi) is 5.34. The molecule has 0 saturated heterocycles. The van der Waals surface area contributed by atoms with Crippen molar-refractivity contribution in [3.8, 4) is 22.9 Å². The third kappa shape index (κ3) is 4.14. The SMILES string of the molecule is CS(=O)(=O)Nc1cccc(-n2ncc3c(=O)n(-c4ccc(Cl)cc4)c(-c4cnccn4)nc32)c1. The molecule has 0 bridgehead atoms. The molecule has 3 heterocycles. The fourth-order valence-electron chi connectivity index (χ4n) is 3.49. The number of hydrogen-bond acceptors (Lipinski definition) is 7. The number of halogens is 1. The summed E-state index contributed by atoms with van der Waals surface area (Å²) in [5.41, 5.74) is 1.74. The molecule has 0 unspecified atom stereocenters. The van der Waals surface area contributed by atoms with Crippen molar-refractivity contribution in [2.75, 3.05) is 11.0 Å². The molecule has 5 rings (SSSR count). The second-order valence-electron chi connectivity index (χ2n) is 7.36. The first-order valence-corrected chi connectivity index (χ1v) is 12.2. The van der Waals surface area contributed by atoms with Crippen molar-refractivity contribution in [1.29, 1.82) is 0 Å². The maximum Gasteiger partial charge on any atom is 0.269 e. The molecule has 0 amide bonds. The summed E-state index contributed by atoms with van der Waals surface area (Å²) in [6.45, 7) is 0. The third-order valence-corrected chi connectivity index (χ3v) is 5.73. The minimum absolute atomic E-state index is 0.264. The Morgan fingerprint density at radius 1 is 1.00 bits per heavy atom. The molecule has 0 aliphatic heterocycles. The molecule has 5 aromatic rings. The van der Waals surface area contributed by atoms with Gasteiger partial charge in [0.05, 0.1) is 35.7 Å². The molecule has 1 N–H and O–H groups in total. The van der Waals surface area contributed by atoms with E-state index in [1.165, 1.54) is 34.0 Å². The molecule has 3 aromatic heterocycles. The average molecular weight is 494 g/mol. The predicted octanol–water partition coefficient (Wildman–Crippen LogP) is 3.05. The van der Waals surface area contributed by atoms with E-state index in [2.05, 4.69) is 19.8 Å². The first kappa shape index (κ1) is 21.7. The fraction of sp³-hybridized carbons (Fsp3) is 0.0455. The van der Waals surface area contributed by atoms with E-state index in [0.717, 1.165) is 6.26 Å². The zero-order chi connectivity index (χ0) is 23.9. The van der Waals surface area contributed by atoms with Gasteiger partial charge in [0.15, 0.2) is 11.5 Å². The Bertz CT molecular complexity index is 1680. The number of hydrogen-bond donors (Lipinski definition) is 1. The number of nitrogens with one attached hydrogen (secondary N) is 1. The van der Waals surface area contributed by atoms with Gasteiger partial charge in [0.2, 0.25) is 10.0 Å². The third-order valence-electron chi connectivity index (χ3n) is 4.87. The largest absolute Gasteiger partial charge is 0.284 e. The Morgan fingerprint density at radius 2 is 1.79 bits per heavy atom. The van der Waals surface area contributed by atoms with Crippen LogP contribution in [0.25, 0.3) is 33.9 Å². The zero-order valence-electron chi connectivity index (χ0n) is 17.6. The van der Waals surface area contributed by atoms with E-state index >= 15 is 0 Å². The topological polar surface area (TPSA) is 125 Å². The molecule has 0 fully saturated rings. The molecule has 0 aliphatic carbocycles. The quantitative estimate of drug-likeness (QED) is 0.399. The summed E-state index contributed by atoms with van der Waals surface area (Å²) < 4.78 is 28.6. The van der Waals surface area contributed by atoms with Crippen LogP contribution in [0.2, 0.25) is 5.02 Å². The van der Waals surface area contributed by atoms with Crippen LogP contribution in [-0.4, -0.2) is 44.0 Å². The van der Waals surface area contributed by atoms with Gasteiger partial charge < -0.3 is 0 Å². The van der Waals surface area contributed by atoms with Crippen molar-refractivity contribution < 1.29 is 8.42 Å². The zero-order valence-corrected chi connectivity index (χ0v) is 19.2. The molecule has 0 aliphatic rings. The van der Waals surface area contributed by atoms with Gasteiger partial charge in [0.25, 0.3) is 5.56 Å². The minimum Gasteiger partial charge on any atom is -0.284 e. The van der Waals surface area contributed by atoms with Crippen LogP contribution in [0.5, 0.6) is 0 Å². The first-order chi connectivity index (χ1) is 16.3. The summed E-state index contributed by atoms with van der Waals surface area (Å²) in [5, 5.41) is 5.15. The second kappa shape index (κ2) is 8.36. The molecular weight excluding hydrogens is 478 g/mol. The van der Waals surface area contributed by atoms with Gasteiger partial charge in [-0.25, -0.2) is 23.1 Å². The Morgan fingerprint density at radius 3 is 2.50 bits per heavy atom. The van der Waals surface area contributed by atoms with Gasteiger partial charge in [-0.15, -0.1) is 0 Å². The van der Waals surface area contributed by atoms with E-state index in [9.17, 15) is 13.2 Å². The lowest BCUT2D eigenvalue weighted by Gasteiger charge is -2.13. The van der Waals surface area contributed by atoms with Crippen molar-refractivity contribution in [3.05, 3.63) is 88.7 Å². The van der Waals surface area contributed by atoms with Crippen LogP contribution in [0.15, 0.2) is 78.1 Å². The summed E-state index contributed by atoms with van der Waals surface area (Å²) in [6.07, 6.45) is 7.04. The Hall–Kier alpha value is -4.09. The minimum atomic E-state index is -3.47. The summed E-state index contributed by atoms with van der Waals surface area (Å²) in [6, 6.07) is 13.4. The van der Waals surface area contributed by atoms with Gasteiger partial charge in [0, 0.05) is 17.4 Å². The van der Waals surface area contributed by atoms with Crippen LogP contribution in [0.1, 0.15) is 0 Å². The molecule has 0 atom stereocenters. The first-order valence-electron chi connectivity index (χ1n) is 9.91. The molecule has 0 spiro atoms. The second-order valence-corrected chi connectivity index (χ2v) is 9.55. The summed E-state index contributed by atoms with van der Waals surface area (Å²) in [5.74, 6) is 0.264. The van der Waals surface area contributed by atoms with Crippen molar-refractivity contribution in [2.45, 2.75) is 0 Å². The maximum absolute atomic E-state index is 13.6. The predicted molar refractivity (Wildman–Crippen MR) is 129 cm³/mol. The number of sulfonamides is 1. The molecule has 34 heavy (non-hydrogen) atoms. The smallest absolute Gasteiger partial charge is 0.269 e. The van der Waals surface area contributed by atoms with E-state index in [4.69, 9.17) is 16.6 Å². The summed E-state index contributed by atoms with van der Waals surface area (Å²) in [4.78, 5) is 26.8. The van der Waals surface area contributed by atoms with Gasteiger partial charge >= 0.3 is 0 Å². The molecular formula is C22H16ClN7O3S. The highest BCUT2D eigenvalue weighted by atomic mass is 35.5. The van der Waals surface area contributed by atoms with Gasteiger partial charge in [-0.3, -0.25) is 19.1 Å². The molecule has 0 radical (unpaired) electrons. The molecule has 12 heteroatoms. The lowest BCUT2D eigenvalue weighted by Crippen LogP contribution is -2.22. The summed E-state index contributed by atoms with van der Waals surface area (Å²) in [7, 11) is -3.47. The van der Waals surface area contributed by atoms with Crippen molar-refractivity contribution in [3.63, 3.8) is 0 Å². The van der Waals surface area contributed by atoms with Crippen molar-refractivity contribution >= 4 is 38.3 Å². The van der Waals surface area contributed by atoms with E-state index in [0.29, 0.717) is 27.8 Å². The van der Waals surface area contributed by atoms with Crippen LogP contribution < -0.4 is 10.3 Å². The highest BCUT2D eigenvalue weighted by Crippen LogP contribution is 2.24. The van der Waals surface area contributed by atoms with E-state index in [1.807, 2.05) is 0 Å².